The fourth-order valence-electron chi connectivity index (χ4n) is 4.31. The Morgan fingerprint density at radius 1 is 1.12 bits per heavy atom. The van der Waals surface area contributed by atoms with Crippen LogP contribution in [0.5, 0.6) is 5.75 Å². The van der Waals surface area contributed by atoms with E-state index in [-0.39, 0.29) is 24.7 Å². The van der Waals surface area contributed by atoms with E-state index in [9.17, 15) is 20.1 Å². The fourth-order valence-corrected chi connectivity index (χ4v) is 4.31. The van der Waals surface area contributed by atoms with Crippen molar-refractivity contribution >= 4 is 5.97 Å². The standard InChI is InChI=1S/C21H22O5/c1-12(2)11-26-19(23)18-10-20(24)14-5-3-4-6-15(14)21(18,25)16-8-7-13(22)9-17(16)20/h3-9,12,18,22,24-25H,10-11H2,1-2H3. The van der Waals surface area contributed by atoms with Gasteiger partial charge in [0, 0.05) is 6.42 Å². The highest BCUT2D eigenvalue weighted by Crippen LogP contribution is 2.60. The van der Waals surface area contributed by atoms with Crippen LogP contribution >= 0.6 is 0 Å². The summed E-state index contributed by atoms with van der Waals surface area (Å²) in [7, 11) is 0. The van der Waals surface area contributed by atoms with Gasteiger partial charge < -0.3 is 20.1 Å². The minimum absolute atomic E-state index is 0.00439. The molecule has 2 aromatic carbocycles. The van der Waals surface area contributed by atoms with Crippen LogP contribution in [0.15, 0.2) is 42.5 Å². The van der Waals surface area contributed by atoms with Crippen LogP contribution < -0.4 is 0 Å². The maximum absolute atomic E-state index is 12.8. The number of fused-ring (bicyclic) bond motifs is 1. The molecular weight excluding hydrogens is 332 g/mol. The molecule has 0 spiro atoms. The van der Waals surface area contributed by atoms with Crippen molar-refractivity contribution in [1.29, 1.82) is 0 Å². The summed E-state index contributed by atoms with van der Waals surface area (Å²) >= 11 is 0. The molecular formula is C21H22O5. The highest BCUT2D eigenvalue weighted by atomic mass is 16.5. The van der Waals surface area contributed by atoms with Crippen LogP contribution in [-0.4, -0.2) is 27.9 Å². The molecule has 5 heteroatoms. The Morgan fingerprint density at radius 2 is 1.77 bits per heavy atom. The first-order valence-corrected chi connectivity index (χ1v) is 8.84. The third-order valence-corrected chi connectivity index (χ3v) is 5.49. The number of rotatable bonds is 3. The van der Waals surface area contributed by atoms with E-state index in [1.54, 1.807) is 30.3 Å². The number of phenolic OH excluding ortho intramolecular Hbond substituents is 1. The summed E-state index contributed by atoms with van der Waals surface area (Å²) in [5, 5.41) is 33.2. The lowest BCUT2D eigenvalue weighted by Gasteiger charge is -2.53. The first kappa shape index (κ1) is 17.1. The molecule has 3 aliphatic rings. The first-order valence-electron chi connectivity index (χ1n) is 8.84. The monoisotopic (exact) mass is 354 g/mol. The molecule has 2 aromatic rings. The second-order valence-corrected chi connectivity index (χ2v) is 7.68. The predicted molar refractivity (Wildman–Crippen MR) is 94.5 cm³/mol. The van der Waals surface area contributed by atoms with Gasteiger partial charge in [0.1, 0.15) is 17.0 Å². The summed E-state index contributed by atoms with van der Waals surface area (Å²) in [6.07, 6.45) is 0.00783. The van der Waals surface area contributed by atoms with E-state index in [0.717, 1.165) is 0 Å². The molecule has 5 nitrogen and oxygen atoms in total. The summed E-state index contributed by atoms with van der Waals surface area (Å²) in [6, 6.07) is 11.5. The van der Waals surface area contributed by atoms with Gasteiger partial charge in [0.05, 0.1) is 12.5 Å². The minimum Gasteiger partial charge on any atom is -0.508 e. The highest BCUT2D eigenvalue weighted by molar-refractivity contribution is 5.79. The third kappa shape index (κ3) is 2.14. The van der Waals surface area contributed by atoms with E-state index in [0.29, 0.717) is 22.3 Å². The van der Waals surface area contributed by atoms with Crippen molar-refractivity contribution in [3.8, 4) is 5.75 Å². The SMILES string of the molecule is CC(C)COC(=O)C1CC2(O)c3ccccc3C1(O)c1ccc(O)cc12. The van der Waals surface area contributed by atoms with Crippen LogP contribution in [0.2, 0.25) is 0 Å². The van der Waals surface area contributed by atoms with E-state index >= 15 is 0 Å². The van der Waals surface area contributed by atoms with Gasteiger partial charge in [-0.25, -0.2) is 0 Å². The molecule has 0 saturated heterocycles. The molecule has 5 rings (SSSR count). The predicted octanol–water partition coefficient (Wildman–Crippen LogP) is 2.40. The zero-order valence-corrected chi connectivity index (χ0v) is 14.8. The molecule has 2 bridgehead atoms. The topological polar surface area (TPSA) is 87.0 Å². The van der Waals surface area contributed by atoms with Crippen LogP contribution in [0.1, 0.15) is 42.5 Å². The number of ether oxygens (including phenoxy) is 1. The molecule has 136 valence electrons. The minimum atomic E-state index is -1.60. The molecule has 3 N–H and O–H groups in total. The molecule has 3 atom stereocenters. The average Bonchev–Trinajstić information content (AvgIpc) is 2.62. The highest BCUT2D eigenvalue weighted by Gasteiger charge is 2.62. The molecule has 3 unspecified atom stereocenters. The van der Waals surface area contributed by atoms with Crippen molar-refractivity contribution < 1.29 is 24.9 Å². The lowest BCUT2D eigenvalue weighted by Crippen LogP contribution is -2.57. The van der Waals surface area contributed by atoms with Gasteiger partial charge in [-0.3, -0.25) is 4.79 Å². The van der Waals surface area contributed by atoms with Crippen molar-refractivity contribution in [1.82, 2.24) is 0 Å². The summed E-state index contributed by atoms with van der Waals surface area (Å²) in [4.78, 5) is 12.8. The summed E-state index contributed by atoms with van der Waals surface area (Å²) < 4.78 is 5.40. The summed E-state index contributed by atoms with van der Waals surface area (Å²) in [6.45, 7) is 4.14. The van der Waals surface area contributed by atoms with Crippen LogP contribution in [0.25, 0.3) is 0 Å². The smallest absolute Gasteiger partial charge is 0.312 e. The second-order valence-electron chi connectivity index (χ2n) is 7.68. The number of aromatic hydroxyl groups is 1. The van der Waals surface area contributed by atoms with E-state index in [1.807, 2.05) is 13.8 Å². The molecule has 0 heterocycles. The van der Waals surface area contributed by atoms with Gasteiger partial charge in [-0.05, 0) is 40.3 Å². The van der Waals surface area contributed by atoms with Gasteiger partial charge in [0.25, 0.3) is 0 Å². The molecule has 0 amide bonds. The number of aliphatic hydroxyl groups is 2. The largest absolute Gasteiger partial charge is 0.508 e. The lowest BCUT2D eigenvalue weighted by atomic mass is 9.54. The molecule has 3 aliphatic carbocycles. The number of hydrogen-bond donors (Lipinski definition) is 3. The van der Waals surface area contributed by atoms with Gasteiger partial charge in [-0.2, -0.15) is 0 Å². The Balaban J connectivity index is 1.91. The quantitative estimate of drug-likeness (QED) is 0.737. The van der Waals surface area contributed by atoms with Gasteiger partial charge in [0.2, 0.25) is 0 Å². The Morgan fingerprint density at radius 3 is 2.46 bits per heavy atom. The Hall–Kier alpha value is -2.37. The Labute approximate surface area is 151 Å². The third-order valence-electron chi connectivity index (χ3n) is 5.49. The molecule has 26 heavy (non-hydrogen) atoms. The van der Waals surface area contributed by atoms with Crippen LogP contribution in [0.3, 0.4) is 0 Å². The molecule has 0 saturated carbocycles. The summed E-state index contributed by atoms with van der Waals surface area (Å²) in [5.74, 6) is -1.26. The maximum Gasteiger partial charge on any atom is 0.312 e. The van der Waals surface area contributed by atoms with Crippen molar-refractivity contribution in [2.75, 3.05) is 6.61 Å². The molecule has 0 aliphatic heterocycles. The molecule has 0 aromatic heterocycles. The first-order chi connectivity index (χ1) is 12.3. The van der Waals surface area contributed by atoms with Crippen molar-refractivity contribution in [2.24, 2.45) is 11.8 Å². The van der Waals surface area contributed by atoms with Crippen molar-refractivity contribution in [3.05, 3.63) is 64.7 Å². The van der Waals surface area contributed by atoms with Crippen LogP contribution in [0, 0.1) is 11.8 Å². The van der Waals surface area contributed by atoms with Crippen LogP contribution in [-0.2, 0) is 20.7 Å². The lowest BCUT2D eigenvalue weighted by molar-refractivity contribution is -0.168. The van der Waals surface area contributed by atoms with E-state index in [2.05, 4.69) is 0 Å². The van der Waals surface area contributed by atoms with Crippen molar-refractivity contribution in [2.45, 2.75) is 31.5 Å². The van der Waals surface area contributed by atoms with E-state index in [1.165, 1.54) is 12.1 Å². The summed E-state index contributed by atoms with van der Waals surface area (Å²) in [5.41, 5.74) is -1.11. The van der Waals surface area contributed by atoms with Gasteiger partial charge in [0.15, 0.2) is 0 Å². The zero-order valence-electron chi connectivity index (χ0n) is 14.8. The van der Waals surface area contributed by atoms with E-state index in [4.69, 9.17) is 4.74 Å². The number of carbonyl (C=O) groups is 1. The van der Waals surface area contributed by atoms with Crippen LogP contribution in [0.4, 0.5) is 0 Å². The number of phenols is 1. The Bertz CT molecular complexity index is 890. The number of carbonyl (C=O) groups excluding carboxylic acids is 1. The number of esters is 1. The maximum atomic E-state index is 12.8. The van der Waals surface area contributed by atoms with Gasteiger partial charge >= 0.3 is 5.97 Å². The Kier molecular flexibility index (Phi) is 3.65. The fraction of sp³-hybridized carbons (Fsp3) is 0.381. The normalized spacial score (nSPS) is 28.6. The second kappa shape index (κ2) is 5.56. The van der Waals surface area contributed by atoms with E-state index < -0.39 is 23.1 Å². The average molecular weight is 354 g/mol. The zero-order chi connectivity index (χ0) is 18.7. The van der Waals surface area contributed by atoms with Crippen molar-refractivity contribution in [3.63, 3.8) is 0 Å². The molecule has 0 radical (unpaired) electrons. The van der Waals surface area contributed by atoms with Gasteiger partial charge in [-0.15, -0.1) is 0 Å². The number of hydrogen-bond acceptors (Lipinski definition) is 5. The number of benzene rings is 2. The van der Waals surface area contributed by atoms with Gasteiger partial charge in [-0.1, -0.05) is 44.2 Å². The molecule has 0 fully saturated rings.